The number of fused-ring (bicyclic) bond motifs is 1. The Morgan fingerprint density at radius 1 is 1.41 bits per heavy atom. The van der Waals surface area contributed by atoms with Crippen molar-refractivity contribution in [2.75, 3.05) is 19.7 Å². The van der Waals surface area contributed by atoms with E-state index in [1.54, 1.807) is 23.1 Å². The Balaban J connectivity index is 0.00000261. The maximum absolute atomic E-state index is 13.1. The third-order valence-electron chi connectivity index (χ3n) is 4.40. The lowest BCUT2D eigenvalue weighted by atomic mass is 10.1. The van der Waals surface area contributed by atoms with Crippen molar-refractivity contribution in [3.8, 4) is 5.75 Å². The summed E-state index contributed by atoms with van der Waals surface area (Å²) in [4.78, 5) is 14.9. The van der Waals surface area contributed by atoms with Gasteiger partial charge in [-0.15, -0.1) is 22.6 Å². The lowest BCUT2D eigenvalue weighted by molar-refractivity contribution is 0.0675. The highest BCUT2D eigenvalue weighted by atomic mass is 35.5. The van der Waals surface area contributed by atoms with Crippen LogP contribution in [0.3, 0.4) is 0 Å². The fraction of sp³-hybridized carbons (Fsp3) is 0.500. The van der Waals surface area contributed by atoms with Gasteiger partial charge in [-0.2, -0.15) is 0 Å². The zero-order chi connectivity index (χ0) is 18.8. The molecule has 1 aromatic heterocycles. The first-order valence-corrected chi connectivity index (χ1v) is 9.15. The molecule has 0 aliphatic carbocycles. The number of carbonyl (C=O) groups is 1. The molecule has 3 rings (SSSR count). The number of ether oxygens (including phenoxy) is 1. The number of benzene rings is 1. The largest absolute Gasteiger partial charge is 0.491 e. The van der Waals surface area contributed by atoms with Crippen LogP contribution in [0.4, 0.5) is 0 Å². The van der Waals surface area contributed by atoms with Gasteiger partial charge in [0.15, 0.2) is 5.82 Å². The quantitative estimate of drug-likeness (QED) is 0.813. The van der Waals surface area contributed by atoms with Crippen LogP contribution < -0.4 is 10.5 Å². The highest BCUT2D eigenvalue weighted by Crippen LogP contribution is 2.29. The Morgan fingerprint density at radius 3 is 2.81 bits per heavy atom. The average Bonchev–Trinajstić information content (AvgIpc) is 3.05. The molecule has 1 atom stereocenters. The maximum Gasteiger partial charge on any atom is 0.258 e. The van der Waals surface area contributed by atoms with Gasteiger partial charge in [0.05, 0.1) is 18.2 Å². The minimum atomic E-state index is -0.133. The molecule has 0 spiro atoms. The Hall–Kier alpha value is -1.83. The first-order chi connectivity index (χ1) is 12.4. The second-order valence-electron chi connectivity index (χ2n) is 6.81. The summed E-state index contributed by atoms with van der Waals surface area (Å²) in [5.74, 6) is 2.39. The van der Waals surface area contributed by atoms with Gasteiger partial charge in [-0.1, -0.05) is 25.4 Å². The van der Waals surface area contributed by atoms with E-state index in [9.17, 15) is 4.79 Å². The van der Waals surface area contributed by atoms with Gasteiger partial charge in [-0.3, -0.25) is 4.79 Å². The van der Waals surface area contributed by atoms with E-state index in [0.29, 0.717) is 42.6 Å². The number of rotatable bonds is 5. The van der Waals surface area contributed by atoms with Gasteiger partial charge in [-0.25, -0.2) is 0 Å². The summed E-state index contributed by atoms with van der Waals surface area (Å²) in [6.07, 6.45) is 0. The minimum Gasteiger partial charge on any atom is -0.491 e. The third-order valence-corrected chi connectivity index (χ3v) is 4.64. The van der Waals surface area contributed by atoms with Crippen LogP contribution in [0.5, 0.6) is 5.75 Å². The second-order valence-corrected chi connectivity index (χ2v) is 7.25. The molecule has 1 aliphatic heterocycles. The van der Waals surface area contributed by atoms with Crippen molar-refractivity contribution >= 4 is 29.9 Å². The molecule has 0 bridgehead atoms. The number of hydrogen-bond donors (Lipinski definition) is 1. The van der Waals surface area contributed by atoms with Gasteiger partial charge in [0.2, 0.25) is 0 Å². The molecule has 2 N–H and O–H groups in total. The number of nitrogens with two attached hydrogens (primary N) is 1. The molecule has 7 nitrogen and oxygen atoms in total. The number of halogens is 2. The zero-order valence-corrected chi connectivity index (χ0v) is 17.3. The average molecular weight is 414 g/mol. The van der Waals surface area contributed by atoms with E-state index in [4.69, 9.17) is 22.1 Å². The van der Waals surface area contributed by atoms with Crippen LogP contribution in [0.2, 0.25) is 5.02 Å². The van der Waals surface area contributed by atoms with Crippen LogP contribution >= 0.6 is 24.0 Å². The molecule has 2 heterocycles. The SMILES string of the molecule is CC(C)c1nnc2n1[C@@H](C)CN(C(=O)c1cc(Cl)ccc1OCCN)C2.Cl. The van der Waals surface area contributed by atoms with Crippen molar-refractivity contribution in [1.29, 1.82) is 0 Å². The molecule has 2 aromatic rings. The highest BCUT2D eigenvalue weighted by Gasteiger charge is 2.31. The normalized spacial score (nSPS) is 16.1. The topological polar surface area (TPSA) is 86.3 Å². The number of nitrogens with zero attached hydrogens (tertiary/aromatic N) is 4. The van der Waals surface area contributed by atoms with Gasteiger partial charge in [0.1, 0.15) is 18.2 Å². The van der Waals surface area contributed by atoms with Crippen molar-refractivity contribution in [1.82, 2.24) is 19.7 Å². The van der Waals surface area contributed by atoms with Crippen LogP contribution in [0.15, 0.2) is 18.2 Å². The van der Waals surface area contributed by atoms with Crippen LogP contribution in [-0.4, -0.2) is 45.3 Å². The third kappa shape index (κ3) is 4.36. The first-order valence-electron chi connectivity index (χ1n) is 8.77. The number of amides is 1. The van der Waals surface area contributed by atoms with Crippen molar-refractivity contribution in [2.45, 2.75) is 39.3 Å². The van der Waals surface area contributed by atoms with Crippen molar-refractivity contribution in [3.05, 3.63) is 40.4 Å². The molecule has 0 saturated carbocycles. The molecular weight excluding hydrogens is 389 g/mol. The molecule has 9 heteroatoms. The van der Waals surface area contributed by atoms with E-state index in [0.717, 1.165) is 11.6 Å². The number of hydrogen-bond acceptors (Lipinski definition) is 5. The predicted octanol–water partition coefficient (Wildman–Crippen LogP) is 3.03. The summed E-state index contributed by atoms with van der Waals surface area (Å²) in [6.45, 7) is 7.95. The van der Waals surface area contributed by atoms with E-state index in [-0.39, 0.29) is 30.3 Å². The predicted molar refractivity (Wildman–Crippen MR) is 107 cm³/mol. The summed E-state index contributed by atoms with van der Waals surface area (Å²) < 4.78 is 7.76. The summed E-state index contributed by atoms with van der Waals surface area (Å²) in [7, 11) is 0. The Kier molecular flexibility index (Phi) is 7.08. The van der Waals surface area contributed by atoms with E-state index in [1.165, 1.54) is 0 Å². The monoisotopic (exact) mass is 413 g/mol. The summed E-state index contributed by atoms with van der Waals surface area (Å²) >= 11 is 6.10. The second kappa shape index (κ2) is 8.91. The molecular formula is C18H25Cl2N5O2. The lowest BCUT2D eigenvalue weighted by Gasteiger charge is -2.33. The number of carbonyl (C=O) groups excluding carboxylic acids is 1. The van der Waals surface area contributed by atoms with Gasteiger partial charge in [0, 0.05) is 24.0 Å². The van der Waals surface area contributed by atoms with Crippen LogP contribution in [0.25, 0.3) is 0 Å². The molecule has 148 valence electrons. The molecule has 0 unspecified atom stereocenters. The number of aromatic nitrogens is 3. The van der Waals surface area contributed by atoms with Crippen molar-refractivity contribution in [2.24, 2.45) is 5.73 Å². The molecule has 0 radical (unpaired) electrons. The molecule has 0 fully saturated rings. The maximum atomic E-state index is 13.1. The molecule has 1 amide bonds. The first kappa shape index (κ1) is 21.5. The summed E-state index contributed by atoms with van der Waals surface area (Å²) in [6, 6.07) is 5.15. The van der Waals surface area contributed by atoms with E-state index in [2.05, 4.69) is 35.5 Å². The highest BCUT2D eigenvalue weighted by molar-refractivity contribution is 6.31. The molecule has 1 aromatic carbocycles. The minimum absolute atomic E-state index is 0. The summed E-state index contributed by atoms with van der Waals surface area (Å²) in [5, 5.41) is 9.08. The van der Waals surface area contributed by atoms with Crippen LogP contribution in [-0.2, 0) is 6.54 Å². The molecule has 1 aliphatic rings. The fourth-order valence-electron chi connectivity index (χ4n) is 3.24. The van der Waals surface area contributed by atoms with Crippen molar-refractivity contribution in [3.63, 3.8) is 0 Å². The van der Waals surface area contributed by atoms with Crippen LogP contribution in [0.1, 0.15) is 54.7 Å². The molecule has 0 saturated heterocycles. The lowest BCUT2D eigenvalue weighted by Crippen LogP contribution is -2.41. The molecule has 27 heavy (non-hydrogen) atoms. The van der Waals surface area contributed by atoms with Gasteiger partial charge in [0.25, 0.3) is 5.91 Å². The van der Waals surface area contributed by atoms with E-state index < -0.39 is 0 Å². The summed E-state index contributed by atoms with van der Waals surface area (Å²) in [5.41, 5.74) is 5.95. The van der Waals surface area contributed by atoms with E-state index >= 15 is 0 Å². The van der Waals surface area contributed by atoms with Crippen molar-refractivity contribution < 1.29 is 9.53 Å². The Labute approximate surface area is 170 Å². The van der Waals surface area contributed by atoms with Crippen LogP contribution in [0, 0.1) is 0 Å². The van der Waals surface area contributed by atoms with Gasteiger partial charge >= 0.3 is 0 Å². The standard InChI is InChI=1S/C18H24ClN5O2.ClH/c1-11(2)17-22-21-16-10-23(9-12(3)24(16)17)18(25)14-8-13(19)4-5-15(14)26-7-6-20;/h4-5,8,11-12H,6-7,9-10,20H2,1-3H3;1H/t12-;/m0./s1. The van der Waals surface area contributed by atoms with E-state index in [1.807, 2.05) is 0 Å². The fourth-order valence-corrected chi connectivity index (χ4v) is 3.42. The van der Waals surface area contributed by atoms with Gasteiger partial charge < -0.3 is 19.9 Å². The van der Waals surface area contributed by atoms with Gasteiger partial charge in [-0.05, 0) is 25.1 Å². The smallest absolute Gasteiger partial charge is 0.258 e. The Morgan fingerprint density at radius 2 is 2.15 bits per heavy atom. The Bertz CT molecular complexity index is 809. The zero-order valence-electron chi connectivity index (χ0n) is 15.7.